The molecule has 4 rings (SSSR count). The summed E-state index contributed by atoms with van der Waals surface area (Å²) < 4.78 is 46.9. The van der Waals surface area contributed by atoms with Crippen LogP contribution in [-0.4, -0.2) is 31.2 Å². The first-order chi connectivity index (χ1) is 14.9. The van der Waals surface area contributed by atoms with E-state index in [0.29, 0.717) is 5.56 Å². The number of nitrogens with one attached hydrogen (secondary N) is 1. The number of nitrogens with zero attached hydrogens (tertiary/aromatic N) is 5. The number of aryl methyl sites for hydroxylation is 2. The van der Waals surface area contributed by atoms with Gasteiger partial charge < -0.3 is 14.6 Å². The molecule has 1 aliphatic carbocycles. The fraction of sp³-hybridized carbons (Fsp3) is 0.368. The van der Waals surface area contributed by atoms with E-state index >= 15 is 0 Å². The molecule has 3 aromatic heterocycles. The van der Waals surface area contributed by atoms with Crippen molar-refractivity contribution in [2.24, 2.45) is 0 Å². The highest BCUT2D eigenvalue weighted by atomic mass is 19.4. The molecule has 1 amide bonds. The molecular formula is C19H17F3N6O3. The molecular weight excluding hydrogens is 417 g/mol. The van der Waals surface area contributed by atoms with Crippen LogP contribution in [0, 0.1) is 0 Å². The second-order valence-electron chi connectivity index (χ2n) is 6.92. The SMILES string of the molecule is O=C(NCc1cnc(-c2noc(C(F)(F)F)n2)nc1)OCc1cnc2c(c1)CCCC2. The molecule has 162 valence electrons. The van der Waals surface area contributed by atoms with Gasteiger partial charge in [-0.15, -0.1) is 0 Å². The van der Waals surface area contributed by atoms with Crippen LogP contribution in [0.25, 0.3) is 11.6 Å². The predicted octanol–water partition coefficient (Wildman–Crippen LogP) is 3.25. The van der Waals surface area contributed by atoms with Crippen LogP contribution in [0.5, 0.6) is 0 Å². The average Bonchev–Trinajstić information content (AvgIpc) is 3.27. The second-order valence-corrected chi connectivity index (χ2v) is 6.92. The van der Waals surface area contributed by atoms with Crippen molar-refractivity contribution >= 4 is 6.09 Å². The molecule has 0 spiro atoms. The summed E-state index contributed by atoms with van der Waals surface area (Å²) in [5.74, 6) is -2.00. The zero-order valence-corrected chi connectivity index (χ0v) is 16.1. The van der Waals surface area contributed by atoms with E-state index < -0.39 is 18.2 Å². The Kier molecular flexibility index (Phi) is 5.78. The number of carbonyl (C=O) groups excluding carboxylic acids is 1. The van der Waals surface area contributed by atoms with Crippen molar-refractivity contribution in [1.82, 2.24) is 30.4 Å². The highest BCUT2D eigenvalue weighted by molar-refractivity contribution is 5.67. The Morgan fingerprint density at radius 3 is 2.55 bits per heavy atom. The fourth-order valence-corrected chi connectivity index (χ4v) is 3.08. The van der Waals surface area contributed by atoms with Crippen molar-refractivity contribution in [3.8, 4) is 11.6 Å². The number of pyridine rings is 1. The topological polar surface area (TPSA) is 116 Å². The van der Waals surface area contributed by atoms with Gasteiger partial charge in [0.15, 0.2) is 0 Å². The summed E-state index contributed by atoms with van der Waals surface area (Å²) >= 11 is 0. The third kappa shape index (κ3) is 5.13. The highest BCUT2D eigenvalue weighted by Gasteiger charge is 2.38. The van der Waals surface area contributed by atoms with Gasteiger partial charge in [0.25, 0.3) is 0 Å². The number of amides is 1. The number of hydrogen-bond donors (Lipinski definition) is 1. The average molecular weight is 434 g/mol. The molecule has 0 atom stereocenters. The molecule has 1 aliphatic rings. The first-order valence-electron chi connectivity index (χ1n) is 9.48. The first kappa shape index (κ1) is 20.7. The molecule has 0 saturated heterocycles. The van der Waals surface area contributed by atoms with Gasteiger partial charge in [0.2, 0.25) is 11.6 Å². The minimum absolute atomic E-state index is 0.0710. The van der Waals surface area contributed by atoms with Gasteiger partial charge in [-0.3, -0.25) is 4.98 Å². The molecule has 0 saturated carbocycles. The molecule has 0 bridgehead atoms. The van der Waals surface area contributed by atoms with Crippen LogP contribution in [0.3, 0.4) is 0 Å². The maximum atomic E-state index is 12.5. The van der Waals surface area contributed by atoms with E-state index in [9.17, 15) is 18.0 Å². The molecule has 0 unspecified atom stereocenters. The number of halogens is 3. The maximum absolute atomic E-state index is 12.5. The van der Waals surface area contributed by atoms with Gasteiger partial charge in [-0.2, -0.15) is 18.2 Å². The van der Waals surface area contributed by atoms with Crippen molar-refractivity contribution in [2.75, 3.05) is 0 Å². The van der Waals surface area contributed by atoms with Gasteiger partial charge in [-0.1, -0.05) is 5.16 Å². The van der Waals surface area contributed by atoms with Gasteiger partial charge >= 0.3 is 18.2 Å². The van der Waals surface area contributed by atoms with Gasteiger partial charge in [0.1, 0.15) is 6.61 Å². The molecule has 0 fully saturated rings. The quantitative estimate of drug-likeness (QED) is 0.651. The lowest BCUT2D eigenvalue weighted by atomic mass is 9.95. The van der Waals surface area contributed by atoms with Gasteiger partial charge in [0, 0.05) is 42.0 Å². The smallest absolute Gasteiger partial charge is 0.445 e. The second kappa shape index (κ2) is 8.66. The summed E-state index contributed by atoms with van der Waals surface area (Å²) in [4.78, 5) is 27.4. The first-order valence-corrected chi connectivity index (χ1v) is 9.48. The number of aromatic nitrogens is 5. The van der Waals surface area contributed by atoms with Crippen molar-refractivity contribution in [1.29, 1.82) is 0 Å². The molecule has 0 radical (unpaired) electrons. The van der Waals surface area contributed by atoms with E-state index in [-0.39, 0.29) is 24.8 Å². The largest absolute Gasteiger partial charge is 0.471 e. The molecule has 12 heteroatoms. The number of rotatable bonds is 5. The van der Waals surface area contributed by atoms with E-state index in [0.717, 1.165) is 36.9 Å². The van der Waals surface area contributed by atoms with E-state index in [2.05, 4.69) is 34.9 Å². The summed E-state index contributed by atoms with van der Waals surface area (Å²) in [6.07, 6.45) is 3.25. The van der Waals surface area contributed by atoms with Crippen molar-refractivity contribution in [2.45, 2.75) is 45.0 Å². The lowest BCUT2D eigenvalue weighted by Gasteiger charge is -2.15. The number of alkyl halides is 3. The van der Waals surface area contributed by atoms with Crippen LogP contribution >= 0.6 is 0 Å². The summed E-state index contributed by atoms with van der Waals surface area (Å²) in [6, 6.07) is 2.02. The highest BCUT2D eigenvalue weighted by Crippen LogP contribution is 2.28. The Balaban J connectivity index is 1.27. The number of fused-ring (bicyclic) bond motifs is 1. The monoisotopic (exact) mass is 434 g/mol. The Hall–Kier alpha value is -3.57. The Bertz CT molecular complexity index is 1070. The third-order valence-electron chi connectivity index (χ3n) is 4.61. The van der Waals surface area contributed by atoms with E-state index in [1.54, 1.807) is 6.20 Å². The Morgan fingerprint density at radius 2 is 1.81 bits per heavy atom. The molecule has 3 heterocycles. The van der Waals surface area contributed by atoms with Crippen molar-refractivity contribution in [3.63, 3.8) is 0 Å². The lowest BCUT2D eigenvalue weighted by Crippen LogP contribution is -2.24. The minimum Gasteiger partial charge on any atom is -0.445 e. The van der Waals surface area contributed by atoms with Gasteiger partial charge in [-0.05, 0) is 37.3 Å². The molecule has 9 nitrogen and oxygen atoms in total. The summed E-state index contributed by atoms with van der Waals surface area (Å²) in [5.41, 5.74) is 3.64. The van der Waals surface area contributed by atoms with Crippen molar-refractivity contribution in [3.05, 3.63) is 52.9 Å². The van der Waals surface area contributed by atoms with E-state index in [1.165, 1.54) is 18.0 Å². The van der Waals surface area contributed by atoms with Crippen LogP contribution < -0.4 is 5.32 Å². The van der Waals surface area contributed by atoms with E-state index in [4.69, 9.17) is 4.74 Å². The lowest BCUT2D eigenvalue weighted by molar-refractivity contribution is -0.159. The zero-order valence-electron chi connectivity index (χ0n) is 16.1. The third-order valence-corrected chi connectivity index (χ3v) is 4.61. The summed E-state index contributed by atoms with van der Waals surface area (Å²) in [7, 11) is 0. The molecule has 1 N–H and O–H groups in total. The summed E-state index contributed by atoms with van der Waals surface area (Å²) in [5, 5.41) is 5.77. The van der Waals surface area contributed by atoms with Gasteiger partial charge in [0.05, 0.1) is 0 Å². The minimum atomic E-state index is -4.75. The fourth-order valence-electron chi connectivity index (χ4n) is 3.08. The van der Waals surface area contributed by atoms with Gasteiger partial charge in [-0.25, -0.2) is 14.8 Å². The van der Waals surface area contributed by atoms with Crippen LogP contribution in [-0.2, 0) is 36.9 Å². The number of alkyl carbamates (subject to hydrolysis) is 1. The van der Waals surface area contributed by atoms with Crippen LogP contribution in [0.1, 0.15) is 41.1 Å². The number of ether oxygens (including phenoxy) is 1. The van der Waals surface area contributed by atoms with Crippen LogP contribution in [0.4, 0.5) is 18.0 Å². The number of hydrogen-bond acceptors (Lipinski definition) is 8. The van der Waals surface area contributed by atoms with Crippen molar-refractivity contribution < 1.29 is 27.2 Å². The molecule has 0 aromatic carbocycles. The normalized spacial score (nSPS) is 13.5. The maximum Gasteiger partial charge on any atom is 0.471 e. The van der Waals surface area contributed by atoms with E-state index in [1.807, 2.05) is 6.07 Å². The van der Waals surface area contributed by atoms with Crippen LogP contribution in [0.15, 0.2) is 29.2 Å². The van der Waals surface area contributed by atoms with Crippen LogP contribution in [0.2, 0.25) is 0 Å². The molecule has 31 heavy (non-hydrogen) atoms. The molecule has 0 aliphatic heterocycles. The predicted molar refractivity (Wildman–Crippen MR) is 98.2 cm³/mol. The zero-order chi connectivity index (χ0) is 21.8. The molecule has 3 aromatic rings. The Morgan fingerprint density at radius 1 is 1.06 bits per heavy atom. The standard InChI is InChI=1S/C19H17F3N6O3/c20-19(21,22)17-27-16(28-31-17)15-24-7-12(8-25-15)9-26-18(29)30-10-11-5-13-3-1-2-4-14(13)23-6-11/h5-8H,1-4,9-10H2,(H,26,29). The number of carbonyl (C=O) groups is 1. The summed E-state index contributed by atoms with van der Waals surface area (Å²) in [6.45, 7) is 0.169. The Labute approximate surface area is 174 Å².